The predicted molar refractivity (Wildman–Crippen MR) is 192 cm³/mol. The minimum atomic E-state index is 0.703. The highest BCUT2D eigenvalue weighted by molar-refractivity contribution is 5.96. The van der Waals surface area contributed by atoms with E-state index in [4.69, 9.17) is 9.97 Å². The summed E-state index contributed by atoms with van der Waals surface area (Å²) in [5, 5.41) is 4.58. The number of nitrogens with one attached hydrogen (secondary N) is 1. The van der Waals surface area contributed by atoms with Gasteiger partial charge >= 0.3 is 0 Å². The predicted octanol–water partition coefficient (Wildman–Crippen LogP) is 10.5. The zero-order valence-corrected chi connectivity index (χ0v) is 25.3. The Morgan fingerprint density at radius 1 is 0.435 bits per heavy atom. The topological polar surface area (TPSA) is 37.8 Å². The molecule has 218 valence electrons. The van der Waals surface area contributed by atoms with Crippen LogP contribution in [-0.4, -0.2) is 16.5 Å². The molecule has 3 heteroatoms. The molecule has 3 nitrogen and oxygen atoms in total. The lowest BCUT2D eigenvalue weighted by Crippen LogP contribution is -2.14. The Morgan fingerprint density at radius 3 is 1.63 bits per heavy atom. The maximum absolute atomic E-state index is 5.29. The van der Waals surface area contributed by atoms with Gasteiger partial charge in [-0.25, -0.2) is 9.97 Å². The molecule has 0 spiro atoms. The number of benzene rings is 6. The molecule has 6 aromatic carbocycles. The van der Waals surface area contributed by atoms with Gasteiger partial charge in [-0.05, 0) is 75.4 Å². The van der Waals surface area contributed by atoms with Gasteiger partial charge in [-0.1, -0.05) is 133 Å². The minimum Gasteiger partial charge on any atom is -0.381 e. The lowest BCUT2D eigenvalue weighted by molar-refractivity contribution is 0.995. The van der Waals surface area contributed by atoms with Crippen LogP contribution in [0.3, 0.4) is 0 Å². The first-order valence-electron chi connectivity index (χ1n) is 15.6. The fourth-order valence-electron chi connectivity index (χ4n) is 6.11. The summed E-state index contributed by atoms with van der Waals surface area (Å²) in [5.74, 6) is 0.703. The molecule has 0 saturated carbocycles. The molecule has 1 N–H and O–H groups in total. The summed E-state index contributed by atoms with van der Waals surface area (Å²) in [6, 6.07) is 53.4. The number of hydrogen-bond donors (Lipinski definition) is 1. The number of rotatable bonds is 6. The molecular weight excluding hydrogens is 558 g/mol. The van der Waals surface area contributed by atoms with E-state index in [1.54, 1.807) is 0 Å². The van der Waals surface area contributed by atoms with Crippen molar-refractivity contribution in [2.75, 3.05) is 6.54 Å². The van der Waals surface area contributed by atoms with Crippen molar-refractivity contribution in [1.29, 1.82) is 0 Å². The van der Waals surface area contributed by atoms with Crippen LogP contribution in [0.15, 0.2) is 170 Å². The number of dihydropyridines is 1. The second-order valence-electron chi connectivity index (χ2n) is 11.5. The highest BCUT2D eigenvalue weighted by atomic mass is 14.9. The van der Waals surface area contributed by atoms with E-state index in [-0.39, 0.29) is 0 Å². The average molecular weight is 590 g/mol. The largest absolute Gasteiger partial charge is 0.381 e. The van der Waals surface area contributed by atoms with E-state index in [1.165, 1.54) is 16.7 Å². The Balaban J connectivity index is 1.29. The SMILES string of the molecule is C1=CCNC(c2cc(-c3ccc(-c4ccccc4)cc3)cc(-c3nc(-c4ccccc4)c4cc(-c5ccccc5)ccc4n3)c2)=C1. The van der Waals surface area contributed by atoms with Gasteiger partial charge in [-0.3, -0.25) is 0 Å². The average Bonchev–Trinajstić information content (AvgIpc) is 3.15. The van der Waals surface area contributed by atoms with E-state index in [1.807, 2.05) is 18.2 Å². The summed E-state index contributed by atoms with van der Waals surface area (Å²) in [5.41, 5.74) is 13.1. The van der Waals surface area contributed by atoms with Gasteiger partial charge in [0.05, 0.1) is 11.2 Å². The molecule has 0 unspecified atom stereocenters. The summed E-state index contributed by atoms with van der Waals surface area (Å²) >= 11 is 0. The molecule has 7 aromatic rings. The van der Waals surface area contributed by atoms with Crippen LogP contribution in [0.25, 0.3) is 72.6 Å². The summed E-state index contributed by atoms with van der Waals surface area (Å²) in [6.45, 7) is 0.797. The third-order valence-corrected chi connectivity index (χ3v) is 8.49. The van der Waals surface area contributed by atoms with Gasteiger partial charge < -0.3 is 5.32 Å². The third-order valence-electron chi connectivity index (χ3n) is 8.49. The highest BCUT2D eigenvalue weighted by Crippen LogP contribution is 2.35. The molecule has 8 rings (SSSR count). The first-order chi connectivity index (χ1) is 22.8. The Labute approximate surface area is 269 Å². The molecule has 2 heterocycles. The molecule has 1 aliphatic rings. The quantitative estimate of drug-likeness (QED) is 0.210. The number of allylic oxidation sites excluding steroid dienone is 2. The molecule has 0 radical (unpaired) electrons. The second kappa shape index (κ2) is 12.1. The van der Waals surface area contributed by atoms with Gasteiger partial charge in [0.1, 0.15) is 0 Å². The maximum atomic E-state index is 5.29. The van der Waals surface area contributed by atoms with Crippen LogP contribution >= 0.6 is 0 Å². The van der Waals surface area contributed by atoms with E-state index in [9.17, 15) is 0 Å². The lowest BCUT2D eigenvalue weighted by Gasteiger charge is -2.16. The molecule has 0 amide bonds. The van der Waals surface area contributed by atoms with E-state index < -0.39 is 0 Å². The molecule has 0 bridgehead atoms. The summed E-state index contributed by atoms with van der Waals surface area (Å²) < 4.78 is 0. The smallest absolute Gasteiger partial charge is 0.160 e. The van der Waals surface area contributed by atoms with Crippen LogP contribution in [0.5, 0.6) is 0 Å². The monoisotopic (exact) mass is 589 g/mol. The highest BCUT2D eigenvalue weighted by Gasteiger charge is 2.16. The zero-order valence-electron chi connectivity index (χ0n) is 25.3. The first kappa shape index (κ1) is 27.5. The van der Waals surface area contributed by atoms with Crippen molar-refractivity contribution in [2.24, 2.45) is 0 Å². The van der Waals surface area contributed by atoms with Gasteiger partial charge in [-0.15, -0.1) is 0 Å². The minimum absolute atomic E-state index is 0.703. The van der Waals surface area contributed by atoms with E-state index in [2.05, 4.69) is 157 Å². The second-order valence-corrected chi connectivity index (χ2v) is 11.5. The van der Waals surface area contributed by atoms with Crippen molar-refractivity contribution in [1.82, 2.24) is 15.3 Å². The van der Waals surface area contributed by atoms with Crippen LogP contribution in [0.4, 0.5) is 0 Å². The van der Waals surface area contributed by atoms with Crippen LogP contribution in [0, 0.1) is 0 Å². The number of nitrogens with zero attached hydrogens (tertiary/aromatic N) is 2. The van der Waals surface area contributed by atoms with Crippen LogP contribution < -0.4 is 5.32 Å². The normalized spacial score (nSPS) is 12.5. The Kier molecular flexibility index (Phi) is 7.26. The molecule has 0 fully saturated rings. The number of aromatic nitrogens is 2. The van der Waals surface area contributed by atoms with Crippen LogP contribution in [-0.2, 0) is 0 Å². The fraction of sp³-hybridized carbons (Fsp3) is 0.0233. The fourth-order valence-corrected chi connectivity index (χ4v) is 6.11. The van der Waals surface area contributed by atoms with E-state index in [0.29, 0.717) is 5.82 Å². The van der Waals surface area contributed by atoms with Crippen molar-refractivity contribution < 1.29 is 0 Å². The van der Waals surface area contributed by atoms with E-state index in [0.717, 1.165) is 62.2 Å². The number of hydrogen-bond acceptors (Lipinski definition) is 3. The van der Waals surface area contributed by atoms with Gasteiger partial charge in [0, 0.05) is 28.8 Å². The molecule has 0 atom stereocenters. The van der Waals surface area contributed by atoms with Gasteiger partial charge in [0.2, 0.25) is 0 Å². The standard InChI is InChI=1S/C43H31N3/c1-4-12-30(13-5-1)32-19-21-33(22-20-32)36-26-37(40-18-10-11-25-44-40)28-38(27-36)43-45-41-24-23-35(31-14-6-2-7-15-31)29-39(41)42(46-43)34-16-8-3-9-17-34/h1-24,26-29,44H,25H2. The molecular formula is C43H31N3. The van der Waals surface area contributed by atoms with Crippen molar-refractivity contribution in [3.8, 4) is 56.0 Å². The Morgan fingerprint density at radius 2 is 0.978 bits per heavy atom. The molecule has 1 aromatic heterocycles. The van der Waals surface area contributed by atoms with Crippen LogP contribution in [0.2, 0.25) is 0 Å². The van der Waals surface area contributed by atoms with Crippen molar-refractivity contribution >= 4 is 16.6 Å². The number of fused-ring (bicyclic) bond motifs is 1. The summed E-state index contributed by atoms with van der Waals surface area (Å²) in [4.78, 5) is 10.5. The van der Waals surface area contributed by atoms with Crippen LogP contribution in [0.1, 0.15) is 5.56 Å². The Hall–Kier alpha value is -6.06. The first-order valence-corrected chi connectivity index (χ1v) is 15.6. The van der Waals surface area contributed by atoms with Crippen molar-refractivity contribution in [3.63, 3.8) is 0 Å². The van der Waals surface area contributed by atoms with Gasteiger partial charge in [0.15, 0.2) is 5.82 Å². The van der Waals surface area contributed by atoms with Crippen molar-refractivity contribution in [2.45, 2.75) is 0 Å². The molecule has 46 heavy (non-hydrogen) atoms. The summed E-state index contributed by atoms with van der Waals surface area (Å²) in [7, 11) is 0. The third kappa shape index (κ3) is 5.51. The molecule has 1 aliphatic heterocycles. The van der Waals surface area contributed by atoms with Gasteiger partial charge in [-0.2, -0.15) is 0 Å². The lowest BCUT2D eigenvalue weighted by atomic mass is 9.95. The maximum Gasteiger partial charge on any atom is 0.160 e. The summed E-state index contributed by atoms with van der Waals surface area (Å²) in [6.07, 6.45) is 6.36. The zero-order chi connectivity index (χ0) is 30.7. The molecule has 0 saturated heterocycles. The Bertz CT molecular complexity index is 2220. The van der Waals surface area contributed by atoms with Gasteiger partial charge in [0.25, 0.3) is 0 Å². The van der Waals surface area contributed by atoms with Crippen molar-refractivity contribution in [3.05, 3.63) is 175 Å². The van der Waals surface area contributed by atoms with E-state index >= 15 is 0 Å². The molecule has 0 aliphatic carbocycles.